The molecule has 0 saturated heterocycles. The van der Waals surface area contributed by atoms with Gasteiger partial charge in [0.25, 0.3) is 0 Å². The molecule has 5 N–H and O–H groups in total. The van der Waals surface area contributed by atoms with E-state index in [0.717, 1.165) is 38.7 Å². The number of carbonyl (C=O) groups is 3. The van der Waals surface area contributed by atoms with Crippen molar-refractivity contribution >= 4 is 28.8 Å². The van der Waals surface area contributed by atoms with Crippen LogP contribution in [0.15, 0.2) is 48.5 Å². The highest BCUT2D eigenvalue weighted by molar-refractivity contribution is 5.88. The fraction of sp³-hybridized carbons (Fsp3) is 0.452. The van der Waals surface area contributed by atoms with Crippen LogP contribution >= 0.6 is 0 Å². The van der Waals surface area contributed by atoms with Crippen LogP contribution in [0.2, 0.25) is 0 Å². The third-order valence-electron chi connectivity index (χ3n) is 8.59. The molecule has 5 rings (SSSR count). The molecule has 2 aliphatic rings. The van der Waals surface area contributed by atoms with Crippen molar-refractivity contribution in [3.63, 3.8) is 0 Å². The molecule has 1 aromatic heterocycles. The predicted molar refractivity (Wildman–Crippen MR) is 152 cm³/mol. The lowest BCUT2D eigenvalue weighted by Crippen LogP contribution is -2.50. The van der Waals surface area contributed by atoms with Crippen LogP contribution in [0.3, 0.4) is 0 Å². The molecular formula is C31H38N2O8. The predicted octanol–water partition coefficient (Wildman–Crippen LogP) is 4.03. The highest BCUT2D eigenvalue weighted by atomic mass is 16.5. The monoisotopic (exact) mass is 566 g/mol. The highest BCUT2D eigenvalue weighted by Gasteiger charge is 2.49. The van der Waals surface area contributed by atoms with Gasteiger partial charge in [0.15, 0.2) is 5.60 Å². The largest absolute Gasteiger partial charge is 0.481 e. The number of aliphatic carboxylic acids is 3. The number of carboxylic acids is 3. The third-order valence-corrected chi connectivity index (χ3v) is 8.59. The lowest BCUT2D eigenvalue weighted by molar-refractivity contribution is -0.170. The first kappa shape index (κ1) is 30.2. The Balaban J connectivity index is 0.000000254. The number of rotatable bonds is 7. The maximum Gasteiger partial charge on any atom is 0.336 e. The number of benzene rings is 2. The number of hydrogen-bond donors (Lipinski definition) is 5. The van der Waals surface area contributed by atoms with E-state index in [1.807, 2.05) is 0 Å². The average Bonchev–Trinajstić information content (AvgIpc) is 3.28. The molecule has 1 saturated carbocycles. The van der Waals surface area contributed by atoms with Gasteiger partial charge in [-0.15, -0.1) is 0 Å². The summed E-state index contributed by atoms with van der Waals surface area (Å²) in [5.74, 6) is -5.02. The number of H-pyrrole nitrogens is 1. The minimum absolute atomic E-state index is 0.0933. The van der Waals surface area contributed by atoms with Gasteiger partial charge in [-0.05, 0) is 76.4 Å². The molecular weight excluding hydrogens is 528 g/mol. The van der Waals surface area contributed by atoms with E-state index >= 15 is 0 Å². The zero-order valence-corrected chi connectivity index (χ0v) is 23.6. The van der Waals surface area contributed by atoms with Crippen molar-refractivity contribution < 1.29 is 39.5 Å². The number of hydrogen-bond acceptors (Lipinski definition) is 6. The summed E-state index contributed by atoms with van der Waals surface area (Å²) in [6.07, 6.45) is 3.05. The van der Waals surface area contributed by atoms with Gasteiger partial charge >= 0.3 is 17.9 Å². The molecule has 10 heteroatoms. The first-order chi connectivity index (χ1) is 19.3. The normalized spacial score (nSPS) is 22.2. The maximum atomic E-state index is 10.3. The smallest absolute Gasteiger partial charge is 0.336 e. The molecule has 0 unspecified atom stereocenters. The van der Waals surface area contributed by atoms with Crippen LogP contribution in [0.4, 0.5) is 0 Å². The molecule has 0 atom stereocenters. The lowest BCUT2D eigenvalue weighted by atomic mass is 9.68. The summed E-state index contributed by atoms with van der Waals surface area (Å²) in [4.78, 5) is 36.7. The standard InChI is InChI=1S/C25H30N2O.C6H8O7/c1-18-9-10-22-21(17-18)20-11-16-28-25(23(20)26-22)14-12-24(13-15-25,27(2)3)19-7-5-4-6-8-19;7-3(8)1-6(13,5(11)12)2-4(9)10/h4-10,17,26H,11-16H2,1-3H3;13H,1-2H2,(H,7,8)(H,9,10)(H,11,12). The van der Waals surface area contributed by atoms with Crippen LogP contribution in [-0.2, 0) is 36.7 Å². The molecule has 2 heterocycles. The molecule has 1 fully saturated rings. The number of nitrogens with one attached hydrogen (secondary N) is 1. The first-order valence-corrected chi connectivity index (χ1v) is 13.7. The number of ether oxygens (including phenoxy) is 1. The molecule has 220 valence electrons. The van der Waals surface area contributed by atoms with Gasteiger partial charge in [0, 0.05) is 16.4 Å². The minimum atomic E-state index is -2.74. The number of carboxylic acid groups (broad SMARTS) is 3. The zero-order chi connectivity index (χ0) is 30.0. The van der Waals surface area contributed by atoms with E-state index in [2.05, 4.69) is 79.4 Å². The quantitative estimate of drug-likeness (QED) is 0.284. The van der Waals surface area contributed by atoms with E-state index in [4.69, 9.17) is 25.2 Å². The summed E-state index contributed by atoms with van der Waals surface area (Å²) in [5.41, 5.74) is 4.05. The second kappa shape index (κ2) is 11.6. The maximum absolute atomic E-state index is 10.3. The number of aryl methyl sites for hydroxylation is 1. The summed E-state index contributed by atoms with van der Waals surface area (Å²) in [6, 6.07) is 17.8. The van der Waals surface area contributed by atoms with Gasteiger partial charge in [0.05, 0.1) is 25.1 Å². The number of aromatic amines is 1. The zero-order valence-electron chi connectivity index (χ0n) is 23.6. The van der Waals surface area contributed by atoms with Crippen molar-refractivity contribution in [1.29, 1.82) is 0 Å². The Kier molecular flexibility index (Phi) is 8.58. The first-order valence-electron chi connectivity index (χ1n) is 13.7. The van der Waals surface area contributed by atoms with Crippen LogP contribution in [0.25, 0.3) is 10.9 Å². The molecule has 41 heavy (non-hydrogen) atoms. The Bertz CT molecular complexity index is 1400. The van der Waals surface area contributed by atoms with Crippen molar-refractivity contribution in [2.75, 3.05) is 20.7 Å². The second-order valence-electron chi connectivity index (χ2n) is 11.4. The summed E-state index contributed by atoms with van der Waals surface area (Å²) in [6.45, 7) is 3.01. The van der Waals surface area contributed by atoms with Crippen molar-refractivity contribution in [3.05, 3.63) is 70.9 Å². The third kappa shape index (κ3) is 6.00. The Labute approximate surface area is 238 Å². The van der Waals surface area contributed by atoms with Gasteiger partial charge in [-0.3, -0.25) is 14.5 Å². The Morgan fingerprint density at radius 3 is 2.10 bits per heavy atom. The van der Waals surface area contributed by atoms with Gasteiger partial charge < -0.3 is 30.1 Å². The van der Waals surface area contributed by atoms with Crippen molar-refractivity contribution in [2.24, 2.45) is 0 Å². The fourth-order valence-corrected chi connectivity index (χ4v) is 6.35. The van der Waals surface area contributed by atoms with E-state index in [1.165, 1.54) is 33.3 Å². The van der Waals surface area contributed by atoms with Gasteiger partial charge in [-0.25, -0.2) is 4.79 Å². The van der Waals surface area contributed by atoms with E-state index in [9.17, 15) is 14.4 Å². The van der Waals surface area contributed by atoms with Gasteiger partial charge in [-0.1, -0.05) is 42.0 Å². The molecule has 1 aliphatic heterocycles. The number of aromatic nitrogens is 1. The SMILES string of the molecule is Cc1ccc2[nH]c3c(c2c1)CCOC31CCC(c2ccccc2)(N(C)C)CC1.O=C(O)CC(O)(CC(=O)O)C(=O)O. The van der Waals surface area contributed by atoms with Crippen molar-refractivity contribution in [2.45, 2.75) is 68.6 Å². The van der Waals surface area contributed by atoms with Gasteiger partial charge in [0.1, 0.15) is 5.60 Å². The molecule has 3 aromatic rings. The molecule has 2 aromatic carbocycles. The summed E-state index contributed by atoms with van der Waals surface area (Å²) in [7, 11) is 4.45. The van der Waals surface area contributed by atoms with Gasteiger partial charge in [-0.2, -0.15) is 0 Å². The minimum Gasteiger partial charge on any atom is -0.481 e. The molecule has 10 nitrogen and oxygen atoms in total. The second-order valence-corrected chi connectivity index (χ2v) is 11.4. The number of aliphatic hydroxyl groups is 1. The molecule has 0 amide bonds. The van der Waals surface area contributed by atoms with Crippen LogP contribution in [0.1, 0.15) is 60.9 Å². The number of nitrogens with zero attached hydrogens (tertiary/aromatic N) is 1. The highest BCUT2D eigenvalue weighted by Crippen LogP contribution is 2.52. The Morgan fingerprint density at radius 2 is 1.56 bits per heavy atom. The fourth-order valence-electron chi connectivity index (χ4n) is 6.35. The summed E-state index contributed by atoms with van der Waals surface area (Å²) in [5, 5.41) is 35.2. The van der Waals surface area contributed by atoms with E-state index in [-0.39, 0.29) is 11.1 Å². The van der Waals surface area contributed by atoms with Crippen LogP contribution in [-0.4, -0.2) is 74.5 Å². The summed E-state index contributed by atoms with van der Waals surface area (Å²) >= 11 is 0. The summed E-state index contributed by atoms with van der Waals surface area (Å²) < 4.78 is 6.55. The molecule has 1 aliphatic carbocycles. The molecule has 0 radical (unpaired) electrons. The van der Waals surface area contributed by atoms with Gasteiger partial charge in [0.2, 0.25) is 0 Å². The Morgan fingerprint density at radius 1 is 0.951 bits per heavy atom. The van der Waals surface area contributed by atoms with Crippen LogP contribution < -0.4 is 0 Å². The lowest BCUT2D eigenvalue weighted by Gasteiger charge is -2.50. The van der Waals surface area contributed by atoms with E-state index < -0.39 is 36.4 Å². The topological polar surface area (TPSA) is 160 Å². The van der Waals surface area contributed by atoms with E-state index in [0.29, 0.717) is 0 Å². The Hall–Kier alpha value is -3.73. The molecule has 1 spiro atoms. The average molecular weight is 567 g/mol. The van der Waals surface area contributed by atoms with Crippen LogP contribution in [0, 0.1) is 6.92 Å². The number of fused-ring (bicyclic) bond motifs is 4. The van der Waals surface area contributed by atoms with Crippen molar-refractivity contribution in [1.82, 2.24) is 9.88 Å². The van der Waals surface area contributed by atoms with Crippen LogP contribution in [0.5, 0.6) is 0 Å². The molecule has 0 bridgehead atoms. The van der Waals surface area contributed by atoms with E-state index in [1.54, 1.807) is 0 Å². The van der Waals surface area contributed by atoms with Crippen molar-refractivity contribution in [3.8, 4) is 0 Å².